The highest BCUT2D eigenvalue weighted by molar-refractivity contribution is 5.83. The lowest BCUT2D eigenvalue weighted by Gasteiger charge is -2.16. The average Bonchev–Trinajstić information content (AvgIpc) is 2.70. The molecule has 3 N–H and O–H groups in total. The summed E-state index contributed by atoms with van der Waals surface area (Å²) in [5, 5.41) is 9.17. The number of aliphatic carboxylic acids is 1. The number of hydrogen-bond acceptors (Lipinski definition) is 3. The van der Waals surface area contributed by atoms with Crippen LogP contribution in [0.4, 0.5) is 5.95 Å². The van der Waals surface area contributed by atoms with E-state index >= 15 is 0 Å². The maximum atomic E-state index is 11.2. The molecule has 0 radical (unpaired) electrons. The quantitative estimate of drug-likeness (QED) is 0.865. The average molecular weight is 259 g/mol. The Balaban J connectivity index is 2.22. The molecule has 0 saturated heterocycles. The molecule has 3 rings (SSSR count). The topological polar surface area (TPSA) is 81.1 Å². The van der Waals surface area contributed by atoms with Gasteiger partial charge in [-0.3, -0.25) is 4.57 Å². The van der Waals surface area contributed by atoms with Gasteiger partial charge in [-0.25, -0.2) is 9.78 Å². The lowest BCUT2D eigenvalue weighted by atomic mass is 9.91. The maximum absolute atomic E-state index is 11.2. The van der Waals surface area contributed by atoms with Crippen molar-refractivity contribution in [2.24, 2.45) is 0 Å². The van der Waals surface area contributed by atoms with Gasteiger partial charge in [-0.05, 0) is 55.9 Å². The molecular weight excluding hydrogens is 242 g/mol. The van der Waals surface area contributed by atoms with Crippen molar-refractivity contribution in [3.05, 3.63) is 23.3 Å². The van der Waals surface area contributed by atoms with Gasteiger partial charge in [0, 0.05) is 0 Å². The minimum Gasteiger partial charge on any atom is -0.480 e. The molecular formula is C14H17N3O2. The third kappa shape index (κ3) is 1.85. The largest absolute Gasteiger partial charge is 0.480 e. The zero-order chi connectivity index (χ0) is 13.6. The summed E-state index contributed by atoms with van der Waals surface area (Å²) in [5.74, 6) is -0.629. The Labute approximate surface area is 111 Å². The standard InChI is InChI=1S/C14H17N3O2/c1-8(13(18)19)17-12-7-10-5-3-2-4-9(10)6-11(12)16-14(17)15/h6-8H,2-5H2,1H3,(H2,15,16)(H,18,19). The van der Waals surface area contributed by atoms with Crippen LogP contribution >= 0.6 is 0 Å². The molecule has 5 nitrogen and oxygen atoms in total. The maximum Gasteiger partial charge on any atom is 0.326 e. The number of nitrogen functional groups attached to an aromatic ring is 1. The zero-order valence-electron chi connectivity index (χ0n) is 10.9. The Morgan fingerprint density at radius 1 is 1.37 bits per heavy atom. The third-order valence-corrected chi connectivity index (χ3v) is 3.93. The Bertz CT molecular complexity index is 660. The normalized spacial score (nSPS) is 16.3. The van der Waals surface area contributed by atoms with E-state index in [4.69, 9.17) is 5.73 Å². The summed E-state index contributed by atoms with van der Waals surface area (Å²) in [6.07, 6.45) is 4.53. The first-order chi connectivity index (χ1) is 9.08. The number of benzene rings is 1. The van der Waals surface area contributed by atoms with Crippen molar-refractivity contribution < 1.29 is 9.90 Å². The number of fused-ring (bicyclic) bond motifs is 2. The summed E-state index contributed by atoms with van der Waals surface area (Å²) in [5.41, 5.74) is 10.1. The van der Waals surface area contributed by atoms with E-state index in [-0.39, 0.29) is 5.95 Å². The smallest absolute Gasteiger partial charge is 0.326 e. The van der Waals surface area contributed by atoms with Crippen molar-refractivity contribution in [2.75, 3.05) is 5.73 Å². The summed E-state index contributed by atoms with van der Waals surface area (Å²) in [6.45, 7) is 1.62. The highest BCUT2D eigenvalue weighted by Gasteiger charge is 2.21. The molecule has 1 unspecified atom stereocenters. The van der Waals surface area contributed by atoms with Crippen molar-refractivity contribution in [2.45, 2.75) is 38.6 Å². The van der Waals surface area contributed by atoms with Crippen molar-refractivity contribution in [3.8, 4) is 0 Å². The number of carbonyl (C=O) groups is 1. The number of anilines is 1. The fraction of sp³-hybridized carbons (Fsp3) is 0.429. The summed E-state index contributed by atoms with van der Waals surface area (Å²) < 4.78 is 1.60. The lowest BCUT2D eigenvalue weighted by Crippen LogP contribution is -2.17. The molecule has 1 aromatic carbocycles. The van der Waals surface area contributed by atoms with Crippen molar-refractivity contribution in [1.82, 2.24) is 9.55 Å². The molecule has 0 fully saturated rings. The molecule has 1 aliphatic carbocycles. The van der Waals surface area contributed by atoms with Gasteiger partial charge in [-0.15, -0.1) is 0 Å². The van der Waals surface area contributed by atoms with E-state index in [1.54, 1.807) is 11.5 Å². The molecule has 0 saturated carbocycles. The van der Waals surface area contributed by atoms with Gasteiger partial charge >= 0.3 is 5.97 Å². The molecule has 1 atom stereocenters. The number of nitrogens with two attached hydrogens (primary N) is 1. The minimum atomic E-state index is -0.899. The fourth-order valence-corrected chi connectivity index (χ4v) is 2.86. The second-order valence-electron chi connectivity index (χ2n) is 5.17. The SMILES string of the molecule is CC(C(=O)O)n1c(N)nc2cc3c(cc21)CCCC3. The molecule has 1 heterocycles. The van der Waals surface area contributed by atoms with E-state index in [1.165, 1.54) is 24.0 Å². The van der Waals surface area contributed by atoms with Crippen LogP contribution in [0, 0.1) is 0 Å². The van der Waals surface area contributed by atoms with Crippen LogP contribution < -0.4 is 5.73 Å². The molecule has 0 amide bonds. The van der Waals surface area contributed by atoms with Gasteiger partial charge in [-0.1, -0.05) is 0 Å². The van der Waals surface area contributed by atoms with E-state index in [0.29, 0.717) is 0 Å². The van der Waals surface area contributed by atoms with Gasteiger partial charge in [0.1, 0.15) is 6.04 Å². The van der Waals surface area contributed by atoms with Crippen LogP contribution in [-0.4, -0.2) is 20.6 Å². The highest BCUT2D eigenvalue weighted by Crippen LogP contribution is 2.29. The minimum absolute atomic E-state index is 0.271. The van der Waals surface area contributed by atoms with Gasteiger partial charge in [0.25, 0.3) is 0 Å². The first kappa shape index (κ1) is 12.0. The number of nitrogens with zero attached hydrogens (tertiary/aromatic N) is 2. The molecule has 19 heavy (non-hydrogen) atoms. The number of rotatable bonds is 2. The number of imidazole rings is 1. The number of carboxylic acid groups (broad SMARTS) is 1. The van der Waals surface area contributed by atoms with Gasteiger partial charge < -0.3 is 10.8 Å². The summed E-state index contributed by atoms with van der Waals surface area (Å²) in [4.78, 5) is 15.5. The molecule has 1 aliphatic rings. The highest BCUT2D eigenvalue weighted by atomic mass is 16.4. The number of aromatic nitrogens is 2. The van der Waals surface area contributed by atoms with Crippen LogP contribution in [0.5, 0.6) is 0 Å². The number of carboxylic acids is 1. The van der Waals surface area contributed by atoms with E-state index in [9.17, 15) is 9.90 Å². The van der Waals surface area contributed by atoms with Crippen LogP contribution in [0.1, 0.15) is 36.9 Å². The van der Waals surface area contributed by atoms with Crippen LogP contribution in [0.2, 0.25) is 0 Å². The number of aryl methyl sites for hydroxylation is 2. The number of hydrogen-bond donors (Lipinski definition) is 2. The molecule has 0 aliphatic heterocycles. The molecule has 5 heteroatoms. The molecule has 1 aromatic heterocycles. The van der Waals surface area contributed by atoms with Crippen molar-refractivity contribution >= 4 is 23.0 Å². The summed E-state index contributed by atoms with van der Waals surface area (Å²) in [7, 11) is 0. The molecule has 2 aromatic rings. The Hall–Kier alpha value is -2.04. The van der Waals surface area contributed by atoms with E-state index < -0.39 is 12.0 Å². The Morgan fingerprint density at radius 3 is 2.63 bits per heavy atom. The van der Waals surface area contributed by atoms with E-state index in [1.807, 2.05) is 0 Å². The van der Waals surface area contributed by atoms with Crippen molar-refractivity contribution in [3.63, 3.8) is 0 Å². The first-order valence-corrected chi connectivity index (χ1v) is 6.60. The van der Waals surface area contributed by atoms with Crippen molar-refractivity contribution in [1.29, 1.82) is 0 Å². The third-order valence-electron chi connectivity index (χ3n) is 3.93. The predicted octanol–water partition coefficient (Wildman–Crippen LogP) is 2.14. The molecule has 100 valence electrons. The zero-order valence-corrected chi connectivity index (χ0v) is 10.9. The second kappa shape index (κ2) is 4.26. The predicted molar refractivity (Wildman–Crippen MR) is 73.1 cm³/mol. The van der Waals surface area contributed by atoms with E-state index in [2.05, 4.69) is 17.1 Å². The Morgan fingerprint density at radius 2 is 2.00 bits per heavy atom. The second-order valence-corrected chi connectivity index (χ2v) is 5.17. The molecule has 0 spiro atoms. The monoisotopic (exact) mass is 259 g/mol. The lowest BCUT2D eigenvalue weighted by molar-refractivity contribution is -0.140. The van der Waals surface area contributed by atoms with Gasteiger partial charge in [-0.2, -0.15) is 0 Å². The first-order valence-electron chi connectivity index (χ1n) is 6.60. The van der Waals surface area contributed by atoms with E-state index in [0.717, 1.165) is 23.9 Å². The fourth-order valence-electron chi connectivity index (χ4n) is 2.86. The molecule has 0 bridgehead atoms. The summed E-state index contributed by atoms with van der Waals surface area (Å²) in [6, 6.07) is 3.42. The van der Waals surface area contributed by atoms with Crippen LogP contribution in [0.15, 0.2) is 12.1 Å². The van der Waals surface area contributed by atoms with Gasteiger partial charge in [0.15, 0.2) is 0 Å². The van der Waals surface area contributed by atoms with Crippen LogP contribution in [0.3, 0.4) is 0 Å². The van der Waals surface area contributed by atoms with Crippen LogP contribution in [-0.2, 0) is 17.6 Å². The summed E-state index contributed by atoms with van der Waals surface area (Å²) >= 11 is 0. The van der Waals surface area contributed by atoms with Gasteiger partial charge in [0.05, 0.1) is 11.0 Å². The van der Waals surface area contributed by atoms with Crippen LogP contribution in [0.25, 0.3) is 11.0 Å². The van der Waals surface area contributed by atoms with Gasteiger partial charge in [0.2, 0.25) is 5.95 Å². The Kier molecular flexibility index (Phi) is 2.69.